The minimum Gasteiger partial charge on any atom is -0.380 e. The first-order chi connectivity index (χ1) is 7.66. The quantitative estimate of drug-likeness (QED) is 0.895. The van der Waals surface area contributed by atoms with Crippen LogP contribution in [-0.4, -0.2) is 18.5 Å². The van der Waals surface area contributed by atoms with Crippen LogP contribution in [-0.2, 0) is 4.79 Å². The molecule has 16 heavy (non-hydrogen) atoms. The molecule has 0 aliphatic carbocycles. The maximum absolute atomic E-state index is 13.4. The first-order valence-corrected chi connectivity index (χ1v) is 5.93. The molecule has 1 fully saturated rings. The van der Waals surface area contributed by atoms with Crippen molar-refractivity contribution < 1.29 is 9.18 Å². The van der Waals surface area contributed by atoms with Crippen LogP contribution in [0.3, 0.4) is 0 Å². The van der Waals surface area contributed by atoms with Gasteiger partial charge in [-0.1, -0.05) is 6.07 Å². The molecule has 0 saturated carbocycles. The predicted octanol–water partition coefficient (Wildman–Crippen LogP) is 2.28. The molecule has 5 heteroatoms. The Kier molecular flexibility index (Phi) is 3.43. The summed E-state index contributed by atoms with van der Waals surface area (Å²) >= 11 is 3.28. The highest BCUT2D eigenvalue weighted by Crippen LogP contribution is 2.25. The topological polar surface area (TPSA) is 41.1 Å². The number of para-hydroxylation sites is 1. The third-order valence-corrected chi connectivity index (χ3v) is 3.23. The Balaban J connectivity index is 1.97. The predicted molar refractivity (Wildman–Crippen MR) is 63.8 cm³/mol. The fraction of sp³-hybridized carbons (Fsp3) is 0.364. The van der Waals surface area contributed by atoms with E-state index in [9.17, 15) is 9.18 Å². The molecule has 86 valence electrons. The number of hydrogen-bond acceptors (Lipinski definition) is 2. The molecule has 1 unspecified atom stereocenters. The van der Waals surface area contributed by atoms with E-state index in [1.165, 1.54) is 6.07 Å². The van der Waals surface area contributed by atoms with Crippen LogP contribution in [0.2, 0.25) is 0 Å². The summed E-state index contributed by atoms with van der Waals surface area (Å²) in [6.45, 7) is 0.547. The van der Waals surface area contributed by atoms with Gasteiger partial charge in [-0.2, -0.15) is 0 Å². The van der Waals surface area contributed by atoms with E-state index in [1.54, 1.807) is 12.1 Å². The van der Waals surface area contributed by atoms with Crippen molar-refractivity contribution in [2.75, 3.05) is 11.9 Å². The van der Waals surface area contributed by atoms with Gasteiger partial charge in [0.1, 0.15) is 5.82 Å². The number of carbonyl (C=O) groups is 1. The first kappa shape index (κ1) is 11.4. The lowest BCUT2D eigenvalue weighted by Crippen LogP contribution is -2.32. The van der Waals surface area contributed by atoms with Crippen molar-refractivity contribution in [2.45, 2.75) is 18.9 Å². The number of benzene rings is 1. The second-order valence-electron chi connectivity index (χ2n) is 3.78. The van der Waals surface area contributed by atoms with Gasteiger partial charge in [-0.3, -0.25) is 4.79 Å². The SMILES string of the molecule is O=C1CCC(CNc2c(F)cccc2Br)N1. The largest absolute Gasteiger partial charge is 0.380 e. The highest BCUT2D eigenvalue weighted by molar-refractivity contribution is 9.10. The zero-order valence-corrected chi connectivity index (χ0v) is 10.2. The standard InChI is InChI=1S/C11H12BrFN2O/c12-8-2-1-3-9(13)11(8)14-6-7-4-5-10(16)15-7/h1-3,7,14H,4-6H2,(H,15,16). The van der Waals surface area contributed by atoms with Gasteiger partial charge in [-0.05, 0) is 34.5 Å². The van der Waals surface area contributed by atoms with Gasteiger partial charge in [-0.25, -0.2) is 4.39 Å². The van der Waals surface area contributed by atoms with E-state index in [0.717, 1.165) is 6.42 Å². The van der Waals surface area contributed by atoms with Crippen LogP contribution >= 0.6 is 15.9 Å². The molecule has 1 aromatic carbocycles. The number of carbonyl (C=O) groups excluding carboxylic acids is 1. The van der Waals surface area contributed by atoms with Gasteiger partial charge in [-0.15, -0.1) is 0 Å². The average molecular weight is 287 g/mol. The highest BCUT2D eigenvalue weighted by atomic mass is 79.9. The van der Waals surface area contributed by atoms with Crippen LogP contribution in [0.15, 0.2) is 22.7 Å². The molecular weight excluding hydrogens is 275 g/mol. The number of anilines is 1. The third-order valence-electron chi connectivity index (χ3n) is 2.57. The zero-order chi connectivity index (χ0) is 11.5. The molecule has 3 nitrogen and oxygen atoms in total. The lowest BCUT2D eigenvalue weighted by molar-refractivity contribution is -0.119. The van der Waals surface area contributed by atoms with Crippen molar-refractivity contribution in [1.29, 1.82) is 0 Å². The van der Waals surface area contributed by atoms with Gasteiger partial charge in [0, 0.05) is 23.5 Å². The molecule has 1 heterocycles. The fourth-order valence-corrected chi connectivity index (χ4v) is 2.20. The number of nitrogens with one attached hydrogen (secondary N) is 2. The van der Waals surface area contributed by atoms with Crippen molar-refractivity contribution in [3.8, 4) is 0 Å². The van der Waals surface area contributed by atoms with E-state index in [1.807, 2.05) is 0 Å². The Morgan fingerprint density at radius 1 is 1.56 bits per heavy atom. The summed E-state index contributed by atoms with van der Waals surface area (Å²) in [6.07, 6.45) is 1.36. The molecule has 2 rings (SSSR count). The highest BCUT2D eigenvalue weighted by Gasteiger charge is 2.20. The zero-order valence-electron chi connectivity index (χ0n) is 8.59. The Bertz CT molecular complexity index is 391. The molecule has 1 aromatic rings. The number of rotatable bonds is 3. The van der Waals surface area contributed by atoms with Crippen molar-refractivity contribution in [3.05, 3.63) is 28.5 Å². The van der Waals surface area contributed by atoms with E-state index < -0.39 is 0 Å². The molecule has 1 aliphatic heterocycles. The summed E-state index contributed by atoms with van der Waals surface area (Å²) in [5, 5.41) is 5.83. The summed E-state index contributed by atoms with van der Waals surface area (Å²) in [5.41, 5.74) is 0.448. The van der Waals surface area contributed by atoms with Crippen LogP contribution in [0.5, 0.6) is 0 Å². The van der Waals surface area contributed by atoms with Crippen molar-refractivity contribution in [3.63, 3.8) is 0 Å². The normalized spacial score (nSPS) is 19.6. The Morgan fingerprint density at radius 3 is 3.00 bits per heavy atom. The van der Waals surface area contributed by atoms with Crippen LogP contribution in [0, 0.1) is 5.82 Å². The average Bonchev–Trinajstić information content (AvgIpc) is 2.63. The van der Waals surface area contributed by atoms with E-state index in [4.69, 9.17) is 0 Å². The Morgan fingerprint density at radius 2 is 2.38 bits per heavy atom. The number of hydrogen-bond donors (Lipinski definition) is 2. The molecule has 0 bridgehead atoms. The van der Waals surface area contributed by atoms with Gasteiger partial charge in [0.15, 0.2) is 0 Å². The van der Waals surface area contributed by atoms with E-state index in [0.29, 0.717) is 23.1 Å². The lowest BCUT2D eigenvalue weighted by Gasteiger charge is -2.14. The van der Waals surface area contributed by atoms with Crippen molar-refractivity contribution in [1.82, 2.24) is 5.32 Å². The van der Waals surface area contributed by atoms with Crippen LogP contribution in [0.25, 0.3) is 0 Å². The minimum atomic E-state index is -0.293. The molecule has 1 saturated heterocycles. The summed E-state index contributed by atoms with van der Waals surface area (Å²) in [5.74, 6) is -0.224. The monoisotopic (exact) mass is 286 g/mol. The molecule has 2 N–H and O–H groups in total. The van der Waals surface area contributed by atoms with E-state index in [-0.39, 0.29) is 17.8 Å². The lowest BCUT2D eigenvalue weighted by atomic mass is 10.2. The molecule has 0 aromatic heterocycles. The molecule has 0 spiro atoms. The van der Waals surface area contributed by atoms with Crippen LogP contribution in [0.1, 0.15) is 12.8 Å². The summed E-state index contributed by atoms with van der Waals surface area (Å²) < 4.78 is 14.1. The molecule has 1 atom stereocenters. The maximum Gasteiger partial charge on any atom is 0.220 e. The smallest absolute Gasteiger partial charge is 0.220 e. The first-order valence-electron chi connectivity index (χ1n) is 5.14. The maximum atomic E-state index is 13.4. The van der Waals surface area contributed by atoms with E-state index in [2.05, 4.69) is 26.6 Å². The third kappa shape index (κ3) is 2.52. The van der Waals surface area contributed by atoms with Crippen molar-refractivity contribution in [2.24, 2.45) is 0 Å². The van der Waals surface area contributed by atoms with Gasteiger partial charge in [0.25, 0.3) is 0 Å². The van der Waals surface area contributed by atoms with Gasteiger partial charge < -0.3 is 10.6 Å². The summed E-state index contributed by atoms with van der Waals surface area (Å²) in [6, 6.07) is 4.92. The van der Waals surface area contributed by atoms with Gasteiger partial charge in [0.05, 0.1) is 5.69 Å². The molecule has 1 amide bonds. The Labute approximate surface area is 102 Å². The van der Waals surface area contributed by atoms with Crippen LogP contribution < -0.4 is 10.6 Å². The molecule has 1 aliphatic rings. The van der Waals surface area contributed by atoms with E-state index >= 15 is 0 Å². The minimum absolute atomic E-state index is 0.0689. The van der Waals surface area contributed by atoms with Gasteiger partial charge >= 0.3 is 0 Å². The summed E-state index contributed by atoms with van der Waals surface area (Å²) in [4.78, 5) is 11.0. The van der Waals surface area contributed by atoms with Crippen LogP contribution in [0.4, 0.5) is 10.1 Å². The molecule has 0 radical (unpaired) electrons. The second-order valence-corrected chi connectivity index (χ2v) is 4.64. The fourth-order valence-electron chi connectivity index (χ4n) is 1.72. The number of amides is 1. The molecular formula is C11H12BrFN2O. The van der Waals surface area contributed by atoms with Crippen molar-refractivity contribution >= 4 is 27.5 Å². The van der Waals surface area contributed by atoms with Gasteiger partial charge in [0.2, 0.25) is 5.91 Å². The number of halogens is 2. The summed E-state index contributed by atoms with van der Waals surface area (Å²) in [7, 11) is 0. The Hall–Kier alpha value is -1.10. The second kappa shape index (κ2) is 4.82.